The average molecular weight is 251 g/mol. The van der Waals surface area contributed by atoms with E-state index in [9.17, 15) is 10.1 Å². The van der Waals surface area contributed by atoms with Crippen LogP contribution in [0.5, 0.6) is 0 Å². The fourth-order valence-electron chi connectivity index (χ4n) is 1.24. The van der Waals surface area contributed by atoms with Gasteiger partial charge in [0.25, 0.3) is 0 Å². The summed E-state index contributed by atoms with van der Waals surface area (Å²) in [6.07, 6.45) is 4.44. The molecule has 0 saturated carbocycles. The highest BCUT2D eigenvalue weighted by Crippen LogP contribution is 2.27. The molecule has 86 valence electrons. The van der Waals surface area contributed by atoms with E-state index in [4.69, 9.17) is 11.6 Å². The van der Waals surface area contributed by atoms with Crippen molar-refractivity contribution in [2.75, 3.05) is 5.32 Å². The Kier molecular flexibility index (Phi) is 3.15. The number of rotatable bonds is 3. The van der Waals surface area contributed by atoms with Crippen molar-refractivity contribution >= 4 is 28.8 Å². The van der Waals surface area contributed by atoms with Crippen molar-refractivity contribution in [2.45, 2.75) is 0 Å². The summed E-state index contributed by atoms with van der Waals surface area (Å²) < 4.78 is 0. The van der Waals surface area contributed by atoms with Crippen molar-refractivity contribution in [1.82, 2.24) is 9.97 Å². The standard InChI is InChI=1S/C10H7ClN4O2/c11-7-6-12-5-3-8(7)14-10-9(15(16)17)2-1-4-13-10/h1-6H,(H,12,13,14). The fourth-order valence-corrected chi connectivity index (χ4v) is 1.41. The summed E-state index contributed by atoms with van der Waals surface area (Å²) in [7, 11) is 0. The van der Waals surface area contributed by atoms with Crippen molar-refractivity contribution < 1.29 is 4.92 Å². The SMILES string of the molecule is O=[N+]([O-])c1cccnc1Nc1ccncc1Cl. The monoisotopic (exact) mass is 250 g/mol. The molecule has 0 aliphatic carbocycles. The quantitative estimate of drug-likeness (QED) is 0.669. The van der Waals surface area contributed by atoms with Gasteiger partial charge in [-0.1, -0.05) is 11.6 Å². The lowest BCUT2D eigenvalue weighted by atomic mass is 10.3. The lowest BCUT2D eigenvalue weighted by Crippen LogP contribution is -1.99. The number of hydrogen-bond donors (Lipinski definition) is 1. The van der Waals surface area contributed by atoms with Gasteiger partial charge in [-0.3, -0.25) is 15.1 Å². The van der Waals surface area contributed by atoms with Crippen LogP contribution in [0, 0.1) is 10.1 Å². The van der Waals surface area contributed by atoms with E-state index in [0.717, 1.165) is 0 Å². The molecule has 17 heavy (non-hydrogen) atoms. The van der Waals surface area contributed by atoms with E-state index in [1.54, 1.807) is 6.07 Å². The molecule has 0 aromatic carbocycles. The Balaban J connectivity index is 2.37. The van der Waals surface area contributed by atoms with Gasteiger partial charge in [0.2, 0.25) is 5.82 Å². The second-order valence-electron chi connectivity index (χ2n) is 3.11. The summed E-state index contributed by atoms with van der Waals surface area (Å²) in [6.45, 7) is 0. The molecular weight excluding hydrogens is 244 g/mol. The second kappa shape index (κ2) is 4.75. The highest BCUT2D eigenvalue weighted by atomic mass is 35.5. The average Bonchev–Trinajstić information content (AvgIpc) is 2.32. The van der Waals surface area contributed by atoms with Crippen LogP contribution in [-0.4, -0.2) is 14.9 Å². The van der Waals surface area contributed by atoms with Gasteiger partial charge in [0.05, 0.1) is 15.6 Å². The zero-order valence-electron chi connectivity index (χ0n) is 8.50. The van der Waals surface area contributed by atoms with E-state index in [1.165, 1.54) is 30.7 Å². The van der Waals surface area contributed by atoms with Crippen LogP contribution in [0.3, 0.4) is 0 Å². The lowest BCUT2D eigenvalue weighted by Gasteiger charge is -2.06. The van der Waals surface area contributed by atoms with Crippen LogP contribution in [0.2, 0.25) is 5.02 Å². The number of halogens is 1. The highest BCUT2D eigenvalue weighted by Gasteiger charge is 2.14. The molecule has 7 heteroatoms. The van der Waals surface area contributed by atoms with Crippen LogP contribution in [0.25, 0.3) is 0 Å². The Morgan fingerprint density at radius 1 is 1.35 bits per heavy atom. The maximum absolute atomic E-state index is 10.8. The number of aromatic nitrogens is 2. The molecule has 0 atom stereocenters. The molecule has 0 amide bonds. The first kappa shape index (κ1) is 11.3. The lowest BCUT2D eigenvalue weighted by molar-refractivity contribution is -0.384. The minimum absolute atomic E-state index is 0.111. The molecule has 0 fully saturated rings. The summed E-state index contributed by atoms with van der Waals surface area (Å²) in [5.74, 6) is 0.144. The zero-order valence-corrected chi connectivity index (χ0v) is 9.26. The summed E-state index contributed by atoms with van der Waals surface area (Å²) in [6, 6.07) is 4.47. The molecule has 0 saturated heterocycles. The largest absolute Gasteiger partial charge is 0.333 e. The van der Waals surface area contributed by atoms with Gasteiger partial charge < -0.3 is 5.32 Å². The van der Waals surface area contributed by atoms with Crippen molar-refractivity contribution in [3.05, 3.63) is 51.9 Å². The normalized spacial score (nSPS) is 9.94. The molecule has 0 spiro atoms. The van der Waals surface area contributed by atoms with Gasteiger partial charge in [0, 0.05) is 24.7 Å². The molecule has 0 aliphatic heterocycles. The molecule has 2 aromatic rings. The van der Waals surface area contributed by atoms with Crippen LogP contribution in [0.15, 0.2) is 36.8 Å². The maximum Gasteiger partial charge on any atom is 0.311 e. The number of anilines is 2. The van der Waals surface area contributed by atoms with Crippen molar-refractivity contribution in [1.29, 1.82) is 0 Å². The molecule has 0 aliphatic rings. The molecule has 0 unspecified atom stereocenters. The number of pyridine rings is 2. The molecule has 1 N–H and O–H groups in total. The number of hydrogen-bond acceptors (Lipinski definition) is 5. The second-order valence-corrected chi connectivity index (χ2v) is 3.52. The first-order valence-corrected chi connectivity index (χ1v) is 5.02. The summed E-state index contributed by atoms with van der Waals surface area (Å²) in [5, 5.41) is 13.9. The molecule has 6 nitrogen and oxygen atoms in total. The summed E-state index contributed by atoms with van der Waals surface area (Å²) >= 11 is 5.88. The third-order valence-electron chi connectivity index (χ3n) is 2.01. The Morgan fingerprint density at radius 2 is 2.18 bits per heavy atom. The molecule has 2 rings (SSSR count). The van der Waals surface area contributed by atoms with Gasteiger partial charge in [0.15, 0.2) is 0 Å². The van der Waals surface area contributed by atoms with E-state index >= 15 is 0 Å². The Morgan fingerprint density at radius 3 is 2.88 bits per heavy atom. The van der Waals surface area contributed by atoms with Crippen LogP contribution in [0.4, 0.5) is 17.2 Å². The molecule has 0 bridgehead atoms. The van der Waals surface area contributed by atoms with Crippen molar-refractivity contribution in [3.63, 3.8) is 0 Å². The fraction of sp³-hybridized carbons (Fsp3) is 0. The van der Waals surface area contributed by atoms with E-state index < -0.39 is 4.92 Å². The van der Waals surface area contributed by atoms with Gasteiger partial charge in [-0.25, -0.2) is 4.98 Å². The van der Waals surface area contributed by atoms with E-state index in [0.29, 0.717) is 10.7 Å². The first-order chi connectivity index (χ1) is 8.18. The van der Waals surface area contributed by atoms with Gasteiger partial charge in [-0.05, 0) is 12.1 Å². The smallest absolute Gasteiger partial charge is 0.311 e. The van der Waals surface area contributed by atoms with Gasteiger partial charge in [0.1, 0.15) is 0 Å². The Hall–Kier alpha value is -2.21. The van der Waals surface area contributed by atoms with Crippen LogP contribution < -0.4 is 5.32 Å². The minimum atomic E-state index is -0.509. The zero-order chi connectivity index (χ0) is 12.3. The molecular formula is C10H7ClN4O2. The summed E-state index contributed by atoms with van der Waals surface area (Å²) in [4.78, 5) is 18.0. The number of nitrogens with one attached hydrogen (secondary N) is 1. The molecule has 2 heterocycles. The molecule has 0 radical (unpaired) electrons. The highest BCUT2D eigenvalue weighted by molar-refractivity contribution is 6.33. The predicted molar refractivity (Wildman–Crippen MR) is 63.4 cm³/mol. The minimum Gasteiger partial charge on any atom is -0.333 e. The van der Waals surface area contributed by atoms with Gasteiger partial charge in [-0.15, -0.1) is 0 Å². The third kappa shape index (κ3) is 2.48. The maximum atomic E-state index is 10.8. The van der Waals surface area contributed by atoms with E-state index in [1.807, 2.05) is 0 Å². The van der Waals surface area contributed by atoms with Gasteiger partial charge >= 0.3 is 5.69 Å². The van der Waals surface area contributed by atoms with Crippen molar-refractivity contribution in [2.24, 2.45) is 0 Å². The summed E-state index contributed by atoms with van der Waals surface area (Å²) in [5.41, 5.74) is 0.406. The van der Waals surface area contributed by atoms with Crippen LogP contribution in [-0.2, 0) is 0 Å². The number of nitrogens with zero attached hydrogens (tertiary/aromatic N) is 3. The van der Waals surface area contributed by atoms with E-state index in [-0.39, 0.29) is 11.5 Å². The Labute approximate surface area is 101 Å². The third-order valence-corrected chi connectivity index (χ3v) is 2.31. The van der Waals surface area contributed by atoms with Crippen LogP contribution >= 0.6 is 11.6 Å². The van der Waals surface area contributed by atoms with E-state index in [2.05, 4.69) is 15.3 Å². The molecule has 2 aromatic heterocycles. The predicted octanol–water partition coefficient (Wildman–Crippen LogP) is 2.78. The van der Waals surface area contributed by atoms with Gasteiger partial charge in [-0.2, -0.15) is 0 Å². The topological polar surface area (TPSA) is 81.0 Å². The Bertz CT molecular complexity index is 562. The number of nitro groups is 1. The van der Waals surface area contributed by atoms with Crippen molar-refractivity contribution in [3.8, 4) is 0 Å². The van der Waals surface area contributed by atoms with Crippen LogP contribution in [0.1, 0.15) is 0 Å². The first-order valence-electron chi connectivity index (χ1n) is 4.64.